The van der Waals surface area contributed by atoms with E-state index in [4.69, 9.17) is 9.47 Å². The first-order valence-corrected chi connectivity index (χ1v) is 15.6. The summed E-state index contributed by atoms with van der Waals surface area (Å²) in [4.78, 5) is 41.2. The maximum Gasteiger partial charge on any atom is 0.419 e. The van der Waals surface area contributed by atoms with E-state index in [1.165, 1.54) is 4.57 Å². The predicted octanol–water partition coefficient (Wildman–Crippen LogP) is 5.78. The van der Waals surface area contributed by atoms with Crippen LogP contribution in [-0.4, -0.2) is 47.9 Å². The summed E-state index contributed by atoms with van der Waals surface area (Å²) < 4.78 is 40.4. The molecule has 0 aliphatic heterocycles. The number of aromatic amines is 1. The lowest BCUT2D eigenvalue weighted by atomic mass is 10.1. The highest BCUT2D eigenvalue weighted by Crippen LogP contribution is 2.30. The van der Waals surface area contributed by atoms with E-state index in [1.54, 1.807) is 77.9 Å². The summed E-state index contributed by atoms with van der Waals surface area (Å²) in [5.74, 6) is 0. The van der Waals surface area contributed by atoms with E-state index >= 15 is 0 Å². The first-order chi connectivity index (χ1) is 20.4. The average molecular weight is 623 g/mol. The van der Waals surface area contributed by atoms with Crippen molar-refractivity contribution in [3.05, 3.63) is 82.0 Å². The van der Waals surface area contributed by atoms with Gasteiger partial charge >= 0.3 is 12.2 Å². The Labute approximate surface area is 256 Å². The number of nitrogens with one attached hydrogen (secondary N) is 3. The molecule has 0 saturated heterocycles. The predicted molar refractivity (Wildman–Crippen MR) is 171 cm³/mol. The van der Waals surface area contributed by atoms with Crippen LogP contribution in [0.4, 0.5) is 9.59 Å². The minimum absolute atomic E-state index is 0.00395. The molecule has 4 aromatic rings. The van der Waals surface area contributed by atoms with Gasteiger partial charge in [-0.05, 0) is 82.8 Å². The number of H-pyrrole nitrogens is 1. The highest BCUT2D eigenvalue weighted by molar-refractivity contribution is 7.93. The number of hydrogen-bond acceptors (Lipinski definition) is 7. The molecule has 0 fully saturated rings. The van der Waals surface area contributed by atoms with Gasteiger partial charge in [-0.15, -0.1) is 0 Å². The fourth-order valence-electron chi connectivity index (χ4n) is 4.45. The van der Waals surface area contributed by atoms with Crippen molar-refractivity contribution >= 4 is 44.0 Å². The third-order valence-corrected chi connectivity index (χ3v) is 7.88. The molecule has 3 N–H and O–H groups in total. The van der Waals surface area contributed by atoms with Crippen molar-refractivity contribution in [2.24, 2.45) is 0 Å². The van der Waals surface area contributed by atoms with Crippen LogP contribution in [0.15, 0.2) is 70.9 Å². The van der Waals surface area contributed by atoms with Crippen LogP contribution in [0.2, 0.25) is 0 Å². The van der Waals surface area contributed by atoms with Gasteiger partial charge < -0.3 is 19.8 Å². The molecule has 0 aliphatic rings. The van der Waals surface area contributed by atoms with Gasteiger partial charge in [-0.2, -0.15) is 0 Å². The molecule has 234 valence electrons. The standard InChI is InChI=1S/C32H38N4O7S/c1-20(14-15-33-29(38)42-31(2,3)4)44(40,41)34-19-21-12-13-26-23(16-21)18-27(36(26)30(39)43-32(5,6)7)24-17-22-10-8-9-11-25(22)35-28(24)37/h8-13,16-18,34H,1,14-15,19H2,2-7H3,(H,33,38)(H,35,37). The fraction of sp³-hybridized carbons (Fsp3) is 0.344. The Morgan fingerprint density at radius 3 is 2.30 bits per heavy atom. The van der Waals surface area contributed by atoms with Crippen molar-refractivity contribution in [2.75, 3.05) is 6.54 Å². The molecule has 44 heavy (non-hydrogen) atoms. The zero-order valence-electron chi connectivity index (χ0n) is 25.7. The molecular weight excluding hydrogens is 584 g/mol. The minimum Gasteiger partial charge on any atom is -0.444 e. The lowest BCUT2D eigenvalue weighted by Crippen LogP contribution is -2.33. The third-order valence-electron chi connectivity index (χ3n) is 6.39. The van der Waals surface area contributed by atoms with Crippen LogP contribution in [0.3, 0.4) is 0 Å². The smallest absolute Gasteiger partial charge is 0.419 e. The minimum atomic E-state index is -3.91. The summed E-state index contributed by atoms with van der Waals surface area (Å²) in [6, 6.07) is 15.9. The molecule has 0 atom stereocenters. The van der Waals surface area contributed by atoms with Gasteiger partial charge in [0.25, 0.3) is 5.56 Å². The Bertz CT molecular complexity index is 1910. The Morgan fingerprint density at radius 1 is 0.932 bits per heavy atom. The molecule has 0 unspecified atom stereocenters. The van der Waals surface area contributed by atoms with E-state index in [1.807, 2.05) is 18.2 Å². The highest BCUT2D eigenvalue weighted by Gasteiger charge is 2.25. The van der Waals surface area contributed by atoms with E-state index in [0.29, 0.717) is 27.7 Å². The van der Waals surface area contributed by atoms with Gasteiger partial charge in [0, 0.05) is 30.4 Å². The van der Waals surface area contributed by atoms with Crippen LogP contribution in [0.5, 0.6) is 0 Å². The van der Waals surface area contributed by atoms with Gasteiger partial charge in [0.1, 0.15) is 11.2 Å². The van der Waals surface area contributed by atoms with Crippen molar-refractivity contribution < 1.29 is 27.5 Å². The highest BCUT2D eigenvalue weighted by atomic mass is 32.2. The van der Waals surface area contributed by atoms with Gasteiger partial charge in [-0.25, -0.2) is 27.3 Å². The van der Waals surface area contributed by atoms with Gasteiger partial charge in [0.15, 0.2) is 0 Å². The van der Waals surface area contributed by atoms with Crippen LogP contribution in [0, 0.1) is 0 Å². The number of nitrogens with zero attached hydrogens (tertiary/aromatic N) is 1. The molecule has 2 heterocycles. The molecule has 0 radical (unpaired) electrons. The molecule has 2 aromatic heterocycles. The molecule has 1 amide bonds. The normalized spacial score (nSPS) is 12.3. The fourth-order valence-corrected chi connectivity index (χ4v) is 5.38. The lowest BCUT2D eigenvalue weighted by molar-refractivity contribution is 0.0523. The number of pyridine rings is 1. The summed E-state index contributed by atoms with van der Waals surface area (Å²) in [5, 5.41) is 3.91. The van der Waals surface area contributed by atoms with Crippen LogP contribution in [-0.2, 0) is 26.0 Å². The first kappa shape index (κ1) is 32.5. The summed E-state index contributed by atoms with van der Waals surface area (Å²) in [7, 11) is -3.91. The zero-order valence-corrected chi connectivity index (χ0v) is 26.6. The first-order valence-electron chi connectivity index (χ1n) is 14.1. The number of fused-ring (bicyclic) bond motifs is 2. The zero-order chi connectivity index (χ0) is 32.4. The van der Waals surface area contributed by atoms with Crippen LogP contribution in [0.25, 0.3) is 33.1 Å². The van der Waals surface area contributed by atoms with Gasteiger partial charge in [0.05, 0.1) is 21.7 Å². The molecule has 0 saturated carbocycles. The topological polar surface area (TPSA) is 149 Å². The van der Waals surface area contributed by atoms with Crippen molar-refractivity contribution in [1.29, 1.82) is 0 Å². The van der Waals surface area contributed by atoms with Crippen molar-refractivity contribution in [3.63, 3.8) is 0 Å². The monoisotopic (exact) mass is 622 g/mol. The Kier molecular flexibility index (Phi) is 9.08. The van der Waals surface area contributed by atoms with Gasteiger partial charge in [0.2, 0.25) is 10.0 Å². The number of alkyl carbamates (subject to hydrolysis) is 1. The van der Waals surface area contributed by atoms with Crippen molar-refractivity contribution in [3.8, 4) is 11.3 Å². The molecule has 0 aliphatic carbocycles. The Hall–Kier alpha value is -4.42. The van der Waals surface area contributed by atoms with E-state index in [9.17, 15) is 22.8 Å². The van der Waals surface area contributed by atoms with Gasteiger partial charge in [-0.1, -0.05) is 30.8 Å². The molecule has 4 rings (SSSR count). The molecule has 0 spiro atoms. The quantitative estimate of drug-likeness (QED) is 0.226. The molecule has 2 aromatic carbocycles. The molecule has 12 heteroatoms. The molecular formula is C32H38N4O7S. The van der Waals surface area contributed by atoms with E-state index < -0.39 is 33.4 Å². The largest absolute Gasteiger partial charge is 0.444 e. The summed E-state index contributed by atoms with van der Waals surface area (Å²) in [6.07, 6.45) is -1.30. The van der Waals surface area contributed by atoms with Gasteiger partial charge in [-0.3, -0.25) is 4.79 Å². The second-order valence-corrected chi connectivity index (χ2v) is 14.3. The maximum atomic E-state index is 13.4. The van der Waals surface area contributed by atoms with E-state index in [2.05, 4.69) is 21.6 Å². The molecule has 0 bridgehead atoms. The Morgan fingerprint density at radius 2 is 1.61 bits per heavy atom. The van der Waals surface area contributed by atoms with Crippen molar-refractivity contribution in [1.82, 2.24) is 19.6 Å². The summed E-state index contributed by atoms with van der Waals surface area (Å²) in [5.41, 5.74) is 0.558. The second kappa shape index (κ2) is 12.3. The second-order valence-electron chi connectivity index (χ2n) is 12.4. The van der Waals surface area contributed by atoms with Crippen LogP contribution >= 0.6 is 0 Å². The Balaban J connectivity index is 1.59. The van der Waals surface area contributed by atoms with Crippen LogP contribution < -0.4 is 15.6 Å². The summed E-state index contributed by atoms with van der Waals surface area (Å²) >= 11 is 0. The van der Waals surface area contributed by atoms with E-state index in [0.717, 1.165) is 5.39 Å². The van der Waals surface area contributed by atoms with Crippen molar-refractivity contribution in [2.45, 2.75) is 65.7 Å². The maximum absolute atomic E-state index is 13.4. The van der Waals surface area contributed by atoms with E-state index in [-0.39, 0.29) is 35.5 Å². The lowest BCUT2D eigenvalue weighted by Gasteiger charge is -2.21. The summed E-state index contributed by atoms with van der Waals surface area (Å²) in [6.45, 7) is 14.1. The number of amides is 1. The average Bonchev–Trinajstić information content (AvgIpc) is 3.28. The number of sulfonamides is 1. The number of ether oxygens (including phenoxy) is 2. The number of rotatable bonds is 8. The number of carbonyl (C=O) groups excluding carboxylic acids is 2. The number of benzene rings is 2. The SMILES string of the molecule is C=C(CCNC(=O)OC(C)(C)C)S(=O)(=O)NCc1ccc2c(c1)cc(-c1cc3ccccc3[nH]c1=O)n2C(=O)OC(C)(C)C. The number of aromatic nitrogens is 2. The van der Waals surface area contributed by atoms with Crippen LogP contribution in [0.1, 0.15) is 53.5 Å². The molecule has 11 nitrogen and oxygen atoms in total. The number of para-hydroxylation sites is 1. The number of carbonyl (C=O) groups is 2. The number of hydrogen-bond donors (Lipinski definition) is 3. The third kappa shape index (κ3) is 7.94.